The van der Waals surface area contributed by atoms with E-state index in [9.17, 15) is 13.2 Å². The summed E-state index contributed by atoms with van der Waals surface area (Å²) in [4.78, 5) is 8.04. The SMILES string of the molecule is CN=C(NCCC(F)(F)F)NCc1ccccc1-c1ccc(Cn2ccnc2)cc1.I. The zero-order valence-corrected chi connectivity index (χ0v) is 19.4. The van der Waals surface area contributed by atoms with Gasteiger partial charge in [-0.2, -0.15) is 13.2 Å². The minimum atomic E-state index is -4.19. The molecular formula is C22H25F3IN5. The Labute approximate surface area is 196 Å². The van der Waals surface area contributed by atoms with Gasteiger partial charge in [0.05, 0.1) is 12.7 Å². The number of aromatic nitrogens is 2. The predicted molar refractivity (Wildman–Crippen MR) is 127 cm³/mol. The van der Waals surface area contributed by atoms with E-state index < -0.39 is 12.6 Å². The van der Waals surface area contributed by atoms with Crippen LogP contribution >= 0.6 is 24.0 Å². The fraction of sp³-hybridized carbons (Fsp3) is 0.273. The number of hydrogen-bond acceptors (Lipinski definition) is 2. The molecule has 2 aromatic carbocycles. The first-order valence-corrected chi connectivity index (χ1v) is 9.59. The first-order valence-electron chi connectivity index (χ1n) is 9.59. The van der Waals surface area contributed by atoms with E-state index in [4.69, 9.17) is 0 Å². The minimum absolute atomic E-state index is 0. The summed E-state index contributed by atoms with van der Waals surface area (Å²) in [6.07, 6.45) is 0.358. The number of halogens is 4. The molecule has 0 saturated heterocycles. The largest absolute Gasteiger partial charge is 0.390 e. The molecular weight excluding hydrogens is 518 g/mol. The highest BCUT2D eigenvalue weighted by atomic mass is 127. The van der Waals surface area contributed by atoms with E-state index >= 15 is 0 Å². The van der Waals surface area contributed by atoms with Crippen LogP contribution in [0.4, 0.5) is 13.2 Å². The van der Waals surface area contributed by atoms with Crippen LogP contribution in [0.2, 0.25) is 0 Å². The number of aliphatic imine (C=N–C) groups is 1. The van der Waals surface area contributed by atoms with E-state index in [0.29, 0.717) is 12.5 Å². The van der Waals surface area contributed by atoms with Gasteiger partial charge in [-0.1, -0.05) is 48.5 Å². The number of imidazole rings is 1. The fourth-order valence-electron chi connectivity index (χ4n) is 3.06. The second kappa shape index (κ2) is 11.7. The van der Waals surface area contributed by atoms with E-state index in [1.54, 1.807) is 12.5 Å². The van der Waals surface area contributed by atoms with Crippen molar-refractivity contribution in [2.45, 2.75) is 25.7 Å². The van der Waals surface area contributed by atoms with Gasteiger partial charge in [-0.05, 0) is 22.3 Å². The number of benzene rings is 2. The Morgan fingerprint density at radius 3 is 2.45 bits per heavy atom. The predicted octanol–water partition coefficient (Wildman–Crippen LogP) is 4.83. The molecule has 0 atom stereocenters. The van der Waals surface area contributed by atoms with Crippen molar-refractivity contribution in [3.8, 4) is 11.1 Å². The molecule has 0 aliphatic heterocycles. The zero-order chi connectivity index (χ0) is 21.4. The standard InChI is InChI=1S/C22H24F3N5.HI/c1-26-21(28-11-10-22(23,24)25)29-14-19-4-2-3-5-20(19)18-8-6-17(7-9-18)15-30-13-12-27-16-30;/h2-9,12-13,16H,10-11,14-15H2,1H3,(H2,26,28,29);1H. The topological polar surface area (TPSA) is 54.2 Å². The van der Waals surface area contributed by atoms with Gasteiger partial charge in [0.25, 0.3) is 0 Å². The molecule has 5 nitrogen and oxygen atoms in total. The average molecular weight is 543 g/mol. The molecule has 0 radical (unpaired) electrons. The molecule has 9 heteroatoms. The van der Waals surface area contributed by atoms with Gasteiger partial charge >= 0.3 is 6.18 Å². The molecule has 166 valence electrons. The van der Waals surface area contributed by atoms with Crippen molar-refractivity contribution >= 4 is 29.9 Å². The third-order valence-electron chi connectivity index (χ3n) is 4.58. The smallest absolute Gasteiger partial charge is 0.356 e. The second-order valence-electron chi connectivity index (χ2n) is 6.81. The van der Waals surface area contributed by atoms with Gasteiger partial charge in [0.2, 0.25) is 0 Å². The summed E-state index contributed by atoms with van der Waals surface area (Å²) in [5.74, 6) is 0.338. The lowest BCUT2D eigenvalue weighted by Crippen LogP contribution is -2.38. The average Bonchev–Trinajstić information content (AvgIpc) is 3.24. The van der Waals surface area contributed by atoms with Crippen molar-refractivity contribution < 1.29 is 13.2 Å². The summed E-state index contributed by atoms with van der Waals surface area (Å²) in [7, 11) is 1.54. The van der Waals surface area contributed by atoms with Gasteiger partial charge in [0.15, 0.2) is 5.96 Å². The molecule has 0 unspecified atom stereocenters. The van der Waals surface area contributed by atoms with Crippen molar-refractivity contribution in [2.24, 2.45) is 4.99 Å². The minimum Gasteiger partial charge on any atom is -0.356 e. The highest BCUT2D eigenvalue weighted by Crippen LogP contribution is 2.24. The van der Waals surface area contributed by atoms with Crippen LogP contribution in [0, 0.1) is 0 Å². The Morgan fingerprint density at radius 2 is 1.81 bits per heavy atom. The van der Waals surface area contributed by atoms with Crippen LogP contribution in [0.5, 0.6) is 0 Å². The summed E-state index contributed by atoms with van der Waals surface area (Å²) in [5, 5.41) is 5.78. The van der Waals surface area contributed by atoms with Crippen LogP contribution in [0.3, 0.4) is 0 Å². The zero-order valence-electron chi connectivity index (χ0n) is 17.1. The molecule has 1 aromatic heterocycles. The Kier molecular flexibility index (Phi) is 9.35. The van der Waals surface area contributed by atoms with Gasteiger partial charge in [-0.3, -0.25) is 4.99 Å². The summed E-state index contributed by atoms with van der Waals surface area (Å²) in [6, 6.07) is 16.2. The monoisotopic (exact) mass is 543 g/mol. The van der Waals surface area contributed by atoms with E-state index in [1.807, 2.05) is 35.0 Å². The van der Waals surface area contributed by atoms with Crippen LogP contribution in [-0.2, 0) is 13.1 Å². The summed E-state index contributed by atoms with van der Waals surface area (Å²) in [5.41, 5.74) is 4.33. The number of guanidine groups is 1. The van der Waals surface area contributed by atoms with Crippen LogP contribution < -0.4 is 10.6 Å². The summed E-state index contributed by atoms with van der Waals surface area (Å²) >= 11 is 0. The molecule has 0 aliphatic rings. The number of nitrogens with one attached hydrogen (secondary N) is 2. The number of nitrogens with zero attached hydrogens (tertiary/aromatic N) is 3. The lowest BCUT2D eigenvalue weighted by Gasteiger charge is -2.15. The number of alkyl halides is 3. The van der Waals surface area contributed by atoms with Crippen molar-refractivity contribution in [1.29, 1.82) is 0 Å². The Balaban J connectivity index is 0.00000341. The molecule has 3 rings (SSSR count). The van der Waals surface area contributed by atoms with Crippen molar-refractivity contribution in [2.75, 3.05) is 13.6 Å². The van der Waals surface area contributed by atoms with Crippen molar-refractivity contribution in [3.63, 3.8) is 0 Å². The Morgan fingerprint density at radius 1 is 1.06 bits per heavy atom. The third kappa shape index (κ3) is 7.89. The molecule has 0 fully saturated rings. The second-order valence-corrected chi connectivity index (χ2v) is 6.81. The normalized spacial score (nSPS) is 11.7. The molecule has 31 heavy (non-hydrogen) atoms. The van der Waals surface area contributed by atoms with E-state index in [-0.39, 0.29) is 30.5 Å². The van der Waals surface area contributed by atoms with Crippen LogP contribution in [0.1, 0.15) is 17.5 Å². The van der Waals surface area contributed by atoms with E-state index in [2.05, 4.69) is 44.9 Å². The van der Waals surface area contributed by atoms with Crippen molar-refractivity contribution in [1.82, 2.24) is 20.2 Å². The van der Waals surface area contributed by atoms with E-state index in [1.165, 1.54) is 12.6 Å². The lowest BCUT2D eigenvalue weighted by molar-refractivity contribution is -0.132. The molecule has 0 spiro atoms. The Bertz CT molecular complexity index is 954. The molecule has 0 aliphatic carbocycles. The van der Waals surface area contributed by atoms with Gasteiger partial charge in [-0.15, -0.1) is 24.0 Å². The highest BCUT2D eigenvalue weighted by molar-refractivity contribution is 14.0. The summed E-state index contributed by atoms with van der Waals surface area (Å²) in [6.45, 7) is 0.977. The van der Waals surface area contributed by atoms with Gasteiger partial charge < -0.3 is 15.2 Å². The van der Waals surface area contributed by atoms with Crippen molar-refractivity contribution in [3.05, 3.63) is 78.4 Å². The maximum Gasteiger partial charge on any atom is 0.390 e. The molecule has 2 N–H and O–H groups in total. The molecule has 0 saturated carbocycles. The lowest BCUT2D eigenvalue weighted by atomic mass is 9.98. The highest BCUT2D eigenvalue weighted by Gasteiger charge is 2.26. The van der Waals surface area contributed by atoms with Crippen LogP contribution in [-0.4, -0.2) is 35.3 Å². The fourth-order valence-corrected chi connectivity index (χ4v) is 3.06. The number of hydrogen-bond donors (Lipinski definition) is 2. The van der Waals surface area contributed by atoms with E-state index in [0.717, 1.165) is 23.2 Å². The Hall–Kier alpha value is -2.56. The van der Waals surface area contributed by atoms with Gasteiger partial charge in [0, 0.05) is 39.1 Å². The van der Waals surface area contributed by atoms with Gasteiger partial charge in [0.1, 0.15) is 0 Å². The first-order chi connectivity index (χ1) is 14.4. The molecule has 0 amide bonds. The third-order valence-corrected chi connectivity index (χ3v) is 4.58. The number of rotatable bonds is 7. The molecule has 0 bridgehead atoms. The maximum absolute atomic E-state index is 12.3. The first kappa shape index (κ1) is 24.7. The molecule has 3 aromatic rings. The van der Waals surface area contributed by atoms with Crippen LogP contribution in [0.25, 0.3) is 11.1 Å². The van der Waals surface area contributed by atoms with Gasteiger partial charge in [-0.25, -0.2) is 4.98 Å². The van der Waals surface area contributed by atoms with Crippen LogP contribution in [0.15, 0.2) is 72.2 Å². The maximum atomic E-state index is 12.3. The summed E-state index contributed by atoms with van der Waals surface area (Å²) < 4.78 is 39.0. The molecule has 1 heterocycles. The quantitative estimate of drug-likeness (QED) is 0.255.